The highest BCUT2D eigenvalue weighted by Crippen LogP contribution is 1.99. The molecule has 1 unspecified atom stereocenters. The zero-order chi connectivity index (χ0) is 14.5. The molecule has 0 bridgehead atoms. The highest BCUT2D eigenvalue weighted by molar-refractivity contribution is 14.0. The van der Waals surface area contributed by atoms with Crippen LogP contribution in [0.1, 0.15) is 33.6 Å². The molecule has 0 fully saturated rings. The smallest absolute Gasteiger partial charge is 0.191 e. The minimum atomic E-state index is 0. The third kappa shape index (κ3) is 12.9. The normalized spacial score (nSPS) is 13.0. The molecular formula is C14H32IN3O2. The average molecular weight is 401 g/mol. The Morgan fingerprint density at radius 2 is 1.80 bits per heavy atom. The number of guanidine groups is 1. The highest BCUT2D eigenvalue weighted by Gasteiger charge is 2.08. The molecule has 0 aliphatic heterocycles. The molecule has 1 atom stereocenters. The van der Waals surface area contributed by atoms with Crippen LogP contribution in [0.2, 0.25) is 0 Å². The van der Waals surface area contributed by atoms with Crippen molar-refractivity contribution in [2.75, 3.05) is 40.5 Å². The fourth-order valence-electron chi connectivity index (χ4n) is 1.36. The van der Waals surface area contributed by atoms with Gasteiger partial charge in [0.2, 0.25) is 0 Å². The number of nitrogens with one attached hydrogen (secondary N) is 2. The lowest BCUT2D eigenvalue weighted by Gasteiger charge is -2.20. The molecule has 2 N–H and O–H groups in total. The van der Waals surface area contributed by atoms with Crippen molar-refractivity contribution >= 4 is 29.9 Å². The Bertz CT molecular complexity index is 238. The molecule has 20 heavy (non-hydrogen) atoms. The third-order valence-electron chi connectivity index (χ3n) is 3.03. The summed E-state index contributed by atoms with van der Waals surface area (Å²) >= 11 is 0. The Labute approximate surface area is 141 Å². The first-order chi connectivity index (χ1) is 9.11. The van der Waals surface area contributed by atoms with Gasteiger partial charge in [-0.2, -0.15) is 0 Å². The quantitative estimate of drug-likeness (QED) is 0.255. The van der Waals surface area contributed by atoms with Gasteiger partial charge in [-0.1, -0.05) is 13.8 Å². The summed E-state index contributed by atoms with van der Waals surface area (Å²) in [6.07, 6.45) is 2.12. The van der Waals surface area contributed by atoms with Gasteiger partial charge in [0.05, 0.1) is 13.2 Å². The van der Waals surface area contributed by atoms with E-state index in [1.807, 2.05) is 0 Å². The first kappa shape index (κ1) is 22.2. The third-order valence-corrected chi connectivity index (χ3v) is 3.03. The molecule has 0 rings (SSSR count). The largest absolute Gasteiger partial charge is 0.382 e. The summed E-state index contributed by atoms with van der Waals surface area (Å²) in [6.45, 7) is 9.62. The SMILES string of the molecule is CN=C(NCCCCOCCOC)NC(C)C(C)C.I. The number of rotatable bonds is 10. The van der Waals surface area contributed by atoms with Crippen molar-refractivity contribution in [1.29, 1.82) is 0 Å². The van der Waals surface area contributed by atoms with Crippen molar-refractivity contribution in [2.45, 2.75) is 39.7 Å². The lowest BCUT2D eigenvalue weighted by molar-refractivity contribution is 0.0689. The summed E-state index contributed by atoms with van der Waals surface area (Å²) in [5.74, 6) is 1.47. The molecule has 5 nitrogen and oxygen atoms in total. The molecule has 0 aromatic heterocycles. The van der Waals surface area contributed by atoms with E-state index in [2.05, 4.69) is 36.4 Å². The van der Waals surface area contributed by atoms with Crippen LogP contribution in [0.4, 0.5) is 0 Å². The van der Waals surface area contributed by atoms with Crippen LogP contribution in [0.15, 0.2) is 4.99 Å². The number of aliphatic imine (C=N–C) groups is 1. The second-order valence-corrected chi connectivity index (χ2v) is 4.99. The van der Waals surface area contributed by atoms with Crippen molar-refractivity contribution < 1.29 is 9.47 Å². The fraction of sp³-hybridized carbons (Fsp3) is 0.929. The molecule has 0 aromatic rings. The summed E-state index contributed by atoms with van der Waals surface area (Å²) in [5, 5.41) is 6.69. The molecule has 0 radical (unpaired) electrons. The zero-order valence-corrected chi connectivity index (χ0v) is 15.9. The molecular weight excluding hydrogens is 369 g/mol. The molecule has 0 saturated carbocycles. The van der Waals surface area contributed by atoms with Gasteiger partial charge in [0.25, 0.3) is 0 Å². The first-order valence-electron chi connectivity index (χ1n) is 7.15. The maximum Gasteiger partial charge on any atom is 0.191 e. The molecule has 0 aliphatic rings. The first-order valence-corrected chi connectivity index (χ1v) is 7.15. The van der Waals surface area contributed by atoms with Gasteiger partial charge >= 0.3 is 0 Å². The number of methoxy groups -OCH3 is 1. The predicted octanol–water partition coefficient (Wildman–Crippen LogP) is 2.26. The van der Waals surface area contributed by atoms with E-state index in [1.54, 1.807) is 14.2 Å². The van der Waals surface area contributed by atoms with E-state index in [0.717, 1.165) is 32.0 Å². The van der Waals surface area contributed by atoms with Gasteiger partial charge in [0.1, 0.15) is 0 Å². The molecule has 0 aromatic carbocycles. The number of hydrogen-bond donors (Lipinski definition) is 2. The average Bonchev–Trinajstić information content (AvgIpc) is 2.39. The second kappa shape index (κ2) is 15.3. The van der Waals surface area contributed by atoms with Crippen LogP contribution in [0.5, 0.6) is 0 Å². The Morgan fingerprint density at radius 3 is 2.35 bits per heavy atom. The molecule has 0 saturated heterocycles. The summed E-state index contributed by atoms with van der Waals surface area (Å²) < 4.78 is 10.3. The lowest BCUT2D eigenvalue weighted by Crippen LogP contribution is -2.44. The number of nitrogens with zero attached hydrogens (tertiary/aromatic N) is 1. The van der Waals surface area contributed by atoms with Crippen LogP contribution >= 0.6 is 24.0 Å². The Morgan fingerprint density at radius 1 is 1.10 bits per heavy atom. The van der Waals surface area contributed by atoms with E-state index < -0.39 is 0 Å². The van der Waals surface area contributed by atoms with E-state index in [-0.39, 0.29) is 24.0 Å². The molecule has 0 spiro atoms. The van der Waals surface area contributed by atoms with Gasteiger partial charge in [-0.3, -0.25) is 4.99 Å². The Balaban J connectivity index is 0. The molecule has 6 heteroatoms. The molecule has 0 heterocycles. The van der Waals surface area contributed by atoms with Crippen molar-refractivity contribution in [1.82, 2.24) is 10.6 Å². The van der Waals surface area contributed by atoms with E-state index in [1.165, 1.54) is 0 Å². The van der Waals surface area contributed by atoms with Gasteiger partial charge in [0.15, 0.2) is 5.96 Å². The van der Waals surface area contributed by atoms with Gasteiger partial charge in [-0.15, -0.1) is 24.0 Å². The van der Waals surface area contributed by atoms with Gasteiger partial charge in [0, 0.05) is 33.4 Å². The Kier molecular flexibility index (Phi) is 17.0. The summed E-state index contributed by atoms with van der Waals surface area (Å²) in [6, 6.07) is 0.420. The molecule has 0 amide bonds. The van der Waals surface area contributed by atoms with Gasteiger partial charge in [-0.25, -0.2) is 0 Å². The van der Waals surface area contributed by atoms with E-state index in [9.17, 15) is 0 Å². The Hall–Kier alpha value is -0.0800. The van der Waals surface area contributed by atoms with Gasteiger partial charge < -0.3 is 20.1 Å². The predicted molar refractivity (Wildman–Crippen MR) is 96.1 cm³/mol. The summed E-state index contributed by atoms with van der Waals surface area (Å²) in [5.41, 5.74) is 0. The number of ether oxygens (including phenoxy) is 2. The van der Waals surface area contributed by atoms with Crippen molar-refractivity contribution in [3.05, 3.63) is 0 Å². The maximum absolute atomic E-state index is 5.40. The van der Waals surface area contributed by atoms with Crippen LogP contribution in [-0.2, 0) is 9.47 Å². The van der Waals surface area contributed by atoms with Gasteiger partial charge in [-0.05, 0) is 25.7 Å². The van der Waals surface area contributed by atoms with E-state index >= 15 is 0 Å². The van der Waals surface area contributed by atoms with Crippen LogP contribution in [0, 0.1) is 5.92 Å². The lowest BCUT2D eigenvalue weighted by atomic mass is 10.1. The number of halogens is 1. The topological polar surface area (TPSA) is 54.9 Å². The van der Waals surface area contributed by atoms with Crippen molar-refractivity contribution in [2.24, 2.45) is 10.9 Å². The molecule has 0 aliphatic carbocycles. The van der Waals surface area contributed by atoms with Crippen molar-refractivity contribution in [3.8, 4) is 0 Å². The molecule has 122 valence electrons. The maximum atomic E-state index is 5.40. The number of hydrogen-bond acceptors (Lipinski definition) is 3. The van der Waals surface area contributed by atoms with Crippen LogP contribution in [0.3, 0.4) is 0 Å². The monoisotopic (exact) mass is 401 g/mol. The van der Waals surface area contributed by atoms with Crippen LogP contribution < -0.4 is 10.6 Å². The van der Waals surface area contributed by atoms with E-state index in [4.69, 9.17) is 9.47 Å². The second-order valence-electron chi connectivity index (χ2n) is 4.99. The minimum Gasteiger partial charge on any atom is -0.382 e. The van der Waals surface area contributed by atoms with E-state index in [0.29, 0.717) is 25.2 Å². The standard InChI is InChI=1S/C14H31N3O2.HI/c1-12(2)13(3)17-14(15-4)16-8-6-7-9-19-11-10-18-5;/h12-13H,6-11H2,1-5H3,(H2,15,16,17);1H. The van der Waals surface area contributed by atoms with Crippen molar-refractivity contribution in [3.63, 3.8) is 0 Å². The van der Waals surface area contributed by atoms with Crippen LogP contribution in [-0.4, -0.2) is 52.5 Å². The highest BCUT2D eigenvalue weighted by atomic mass is 127. The minimum absolute atomic E-state index is 0. The zero-order valence-electron chi connectivity index (χ0n) is 13.6. The van der Waals surface area contributed by atoms with Crippen LogP contribution in [0.25, 0.3) is 0 Å². The number of unbranched alkanes of at least 4 members (excludes halogenated alkanes) is 1. The fourth-order valence-corrected chi connectivity index (χ4v) is 1.36. The summed E-state index contributed by atoms with van der Waals surface area (Å²) in [7, 11) is 3.49. The summed E-state index contributed by atoms with van der Waals surface area (Å²) in [4.78, 5) is 4.22.